The molecule has 0 radical (unpaired) electrons. The van der Waals surface area contributed by atoms with Gasteiger partial charge in [0, 0.05) is 11.8 Å². The highest BCUT2D eigenvalue weighted by molar-refractivity contribution is 5.61. The molecular weight excluding hydrogens is 328 g/mol. The largest absolute Gasteiger partial charge is 0.457 e. The Bertz CT molecular complexity index is 1080. The molecule has 2 aromatic heterocycles. The molecule has 0 aliphatic carbocycles. The summed E-state index contributed by atoms with van der Waals surface area (Å²) >= 11 is 0. The molecule has 0 saturated carbocycles. The number of nitrogens with one attached hydrogen (secondary N) is 1. The Kier molecular flexibility index (Phi) is 4.22. The van der Waals surface area contributed by atoms with Crippen LogP contribution in [0, 0.1) is 0 Å². The molecule has 26 heavy (non-hydrogen) atoms. The lowest BCUT2D eigenvalue weighted by atomic mass is 10.1. The van der Waals surface area contributed by atoms with Gasteiger partial charge in [0.25, 0.3) is 5.56 Å². The van der Waals surface area contributed by atoms with Crippen LogP contribution in [0.3, 0.4) is 0 Å². The lowest BCUT2D eigenvalue weighted by Gasteiger charge is -2.07. The van der Waals surface area contributed by atoms with Gasteiger partial charge in [-0.05, 0) is 36.4 Å². The van der Waals surface area contributed by atoms with Crippen molar-refractivity contribution in [1.82, 2.24) is 20.2 Å². The predicted molar refractivity (Wildman–Crippen MR) is 97.8 cm³/mol. The van der Waals surface area contributed by atoms with Crippen LogP contribution in [0.4, 0.5) is 0 Å². The number of aromatic nitrogens is 4. The van der Waals surface area contributed by atoms with Gasteiger partial charge < -0.3 is 4.74 Å². The second-order valence-electron chi connectivity index (χ2n) is 5.50. The Morgan fingerprint density at radius 1 is 0.846 bits per heavy atom. The van der Waals surface area contributed by atoms with Crippen LogP contribution in [0.25, 0.3) is 22.8 Å². The van der Waals surface area contributed by atoms with E-state index < -0.39 is 5.56 Å². The topological polar surface area (TPSA) is 80.8 Å². The summed E-state index contributed by atoms with van der Waals surface area (Å²) in [7, 11) is 0. The second-order valence-corrected chi connectivity index (χ2v) is 5.50. The average Bonchev–Trinajstić information content (AvgIpc) is 2.69. The smallest absolute Gasteiger partial charge is 0.300 e. The number of aromatic amines is 1. The van der Waals surface area contributed by atoms with E-state index in [1.165, 1.54) is 0 Å². The summed E-state index contributed by atoms with van der Waals surface area (Å²) in [5, 5.41) is 6.97. The van der Waals surface area contributed by atoms with Crippen molar-refractivity contribution in [3.63, 3.8) is 0 Å². The molecule has 6 heteroatoms. The van der Waals surface area contributed by atoms with Crippen molar-refractivity contribution < 1.29 is 4.74 Å². The average molecular weight is 342 g/mol. The second kappa shape index (κ2) is 6.98. The van der Waals surface area contributed by atoms with Gasteiger partial charge in [0.1, 0.15) is 17.2 Å². The molecular formula is C20H14N4O2. The fourth-order valence-electron chi connectivity index (χ4n) is 2.47. The normalized spacial score (nSPS) is 10.5. The minimum absolute atomic E-state index is 0.225. The first-order valence-electron chi connectivity index (χ1n) is 8.01. The van der Waals surface area contributed by atoms with Crippen molar-refractivity contribution in [2.24, 2.45) is 0 Å². The Morgan fingerprint density at radius 2 is 1.65 bits per heavy atom. The third kappa shape index (κ3) is 3.34. The van der Waals surface area contributed by atoms with Crippen LogP contribution in [-0.4, -0.2) is 20.2 Å². The first kappa shape index (κ1) is 15.7. The van der Waals surface area contributed by atoms with Crippen molar-refractivity contribution in [3.05, 3.63) is 89.3 Å². The van der Waals surface area contributed by atoms with E-state index in [2.05, 4.69) is 20.2 Å². The summed E-state index contributed by atoms with van der Waals surface area (Å²) in [5.41, 5.74) is 0.981. The van der Waals surface area contributed by atoms with Gasteiger partial charge in [-0.25, -0.2) is 0 Å². The minimum atomic E-state index is -0.429. The summed E-state index contributed by atoms with van der Waals surface area (Å²) in [4.78, 5) is 20.6. The van der Waals surface area contributed by atoms with Gasteiger partial charge in [0.2, 0.25) is 0 Å². The zero-order valence-electron chi connectivity index (χ0n) is 13.7. The number of pyridine rings is 1. The van der Waals surface area contributed by atoms with Crippen LogP contribution in [0.15, 0.2) is 83.8 Å². The standard InChI is InChI=1S/C20H14N4O2/c25-20-18(23-24-19(22-20)17-11-4-5-12-21-17)14-7-6-10-16(13-14)26-15-8-2-1-3-9-15/h1-13H,(H,22,24,25). The fraction of sp³-hybridized carbons (Fsp3) is 0. The van der Waals surface area contributed by atoms with Crippen molar-refractivity contribution in [1.29, 1.82) is 0 Å². The highest BCUT2D eigenvalue weighted by Crippen LogP contribution is 2.25. The first-order valence-corrected chi connectivity index (χ1v) is 8.01. The molecule has 0 saturated heterocycles. The highest BCUT2D eigenvalue weighted by Gasteiger charge is 2.10. The Labute approximate surface area is 149 Å². The van der Waals surface area contributed by atoms with Crippen molar-refractivity contribution in [3.8, 4) is 34.3 Å². The molecule has 0 fully saturated rings. The van der Waals surface area contributed by atoms with Gasteiger partial charge in [-0.3, -0.25) is 14.9 Å². The molecule has 4 aromatic rings. The number of para-hydroxylation sites is 1. The highest BCUT2D eigenvalue weighted by atomic mass is 16.5. The van der Waals surface area contributed by atoms with Crippen LogP contribution in [0.5, 0.6) is 11.5 Å². The molecule has 0 atom stereocenters. The number of rotatable bonds is 4. The maximum Gasteiger partial charge on any atom is 0.300 e. The summed E-state index contributed by atoms with van der Waals surface area (Å²) in [5.74, 6) is 1.66. The van der Waals surface area contributed by atoms with E-state index in [4.69, 9.17) is 4.74 Å². The van der Waals surface area contributed by atoms with Gasteiger partial charge in [0.15, 0.2) is 11.5 Å². The number of ether oxygens (including phenoxy) is 1. The van der Waals surface area contributed by atoms with E-state index in [-0.39, 0.29) is 5.69 Å². The van der Waals surface area contributed by atoms with Gasteiger partial charge in [-0.1, -0.05) is 36.4 Å². The number of hydrogen-bond donors (Lipinski definition) is 1. The van der Waals surface area contributed by atoms with E-state index in [9.17, 15) is 4.79 Å². The van der Waals surface area contributed by atoms with Crippen LogP contribution >= 0.6 is 0 Å². The Balaban J connectivity index is 1.66. The van der Waals surface area contributed by atoms with Crippen molar-refractivity contribution in [2.45, 2.75) is 0 Å². The van der Waals surface area contributed by atoms with Gasteiger partial charge in [0.05, 0.1) is 0 Å². The van der Waals surface area contributed by atoms with Crippen LogP contribution < -0.4 is 10.3 Å². The molecule has 0 spiro atoms. The number of H-pyrrole nitrogens is 1. The molecule has 4 rings (SSSR count). The zero-order valence-corrected chi connectivity index (χ0v) is 13.7. The molecule has 0 amide bonds. The summed E-state index contributed by atoms with van der Waals surface area (Å²) in [6.45, 7) is 0. The van der Waals surface area contributed by atoms with E-state index in [1.807, 2.05) is 42.5 Å². The third-order valence-electron chi connectivity index (χ3n) is 3.68. The quantitative estimate of drug-likeness (QED) is 0.612. The Morgan fingerprint density at radius 3 is 2.42 bits per heavy atom. The van der Waals surface area contributed by atoms with E-state index in [0.29, 0.717) is 22.8 Å². The lowest BCUT2D eigenvalue weighted by molar-refractivity contribution is 0.483. The monoisotopic (exact) mass is 342 g/mol. The number of hydrogen-bond acceptors (Lipinski definition) is 5. The van der Waals surface area contributed by atoms with Gasteiger partial charge in [-0.15, -0.1) is 0 Å². The molecule has 0 unspecified atom stereocenters. The van der Waals surface area contributed by atoms with Crippen LogP contribution in [0.2, 0.25) is 0 Å². The van der Waals surface area contributed by atoms with Crippen LogP contribution in [0.1, 0.15) is 0 Å². The SMILES string of the molecule is O=c1nc(-c2ccccn2)[nH]nc1-c1cccc(Oc2ccccc2)c1. The zero-order chi connectivity index (χ0) is 17.8. The molecule has 6 nitrogen and oxygen atoms in total. The minimum Gasteiger partial charge on any atom is -0.457 e. The summed E-state index contributed by atoms with van der Waals surface area (Å²) in [6, 6.07) is 22.0. The molecule has 0 aliphatic rings. The van der Waals surface area contributed by atoms with E-state index in [0.717, 1.165) is 5.75 Å². The predicted octanol–water partition coefficient (Wildman–Crippen LogP) is 3.69. The first-order chi connectivity index (χ1) is 12.8. The van der Waals surface area contributed by atoms with E-state index >= 15 is 0 Å². The molecule has 1 N–H and O–H groups in total. The number of nitrogens with zero attached hydrogens (tertiary/aromatic N) is 3. The third-order valence-corrected chi connectivity index (χ3v) is 3.68. The van der Waals surface area contributed by atoms with E-state index in [1.54, 1.807) is 36.5 Å². The van der Waals surface area contributed by atoms with Crippen molar-refractivity contribution in [2.75, 3.05) is 0 Å². The van der Waals surface area contributed by atoms with Gasteiger partial charge in [-0.2, -0.15) is 10.1 Å². The van der Waals surface area contributed by atoms with Crippen molar-refractivity contribution >= 4 is 0 Å². The molecule has 0 aliphatic heterocycles. The molecule has 126 valence electrons. The fourth-order valence-corrected chi connectivity index (χ4v) is 2.47. The summed E-state index contributed by atoms with van der Waals surface area (Å²) in [6.07, 6.45) is 1.63. The number of benzene rings is 2. The summed E-state index contributed by atoms with van der Waals surface area (Å²) < 4.78 is 5.80. The Hall–Kier alpha value is -3.80. The van der Waals surface area contributed by atoms with Crippen LogP contribution in [-0.2, 0) is 0 Å². The molecule has 2 heterocycles. The maximum atomic E-state index is 12.4. The lowest BCUT2D eigenvalue weighted by Crippen LogP contribution is -2.14. The van der Waals surface area contributed by atoms with Gasteiger partial charge >= 0.3 is 0 Å². The molecule has 0 bridgehead atoms. The molecule has 2 aromatic carbocycles. The maximum absolute atomic E-state index is 12.4.